The number of rotatable bonds is 6. The van der Waals surface area contributed by atoms with Crippen molar-refractivity contribution in [1.29, 1.82) is 0 Å². The zero-order valence-corrected chi connectivity index (χ0v) is 21.6. The van der Waals surface area contributed by atoms with Gasteiger partial charge < -0.3 is 19.7 Å². The number of nitrogens with one attached hydrogen (secondary N) is 1. The molecule has 0 bridgehead atoms. The molecule has 192 valence electrons. The summed E-state index contributed by atoms with van der Waals surface area (Å²) in [6, 6.07) is 16.7. The lowest BCUT2D eigenvalue weighted by molar-refractivity contribution is 0.0384. The third kappa shape index (κ3) is 6.27. The number of carbonyl (C=O) groups is 1. The molecule has 1 aromatic heterocycles. The molecule has 2 aliphatic rings. The van der Waals surface area contributed by atoms with Gasteiger partial charge in [0.05, 0.1) is 18.7 Å². The van der Waals surface area contributed by atoms with Crippen molar-refractivity contribution in [3.63, 3.8) is 0 Å². The summed E-state index contributed by atoms with van der Waals surface area (Å²) in [6.07, 6.45) is 3.66. The minimum Gasteiger partial charge on any atom is -0.490 e. The Bertz CT molecular complexity index is 1140. The molecule has 0 aliphatic carbocycles. The summed E-state index contributed by atoms with van der Waals surface area (Å²) in [5.41, 5.74) is 4.58. The molecule has 2 amide bonds. The number of hydrogen-bond donors (Lipinski definition) is 1. The van der Waals surface area contributed by atoms with Gasteiger partial charge in [-0.15, -0.1) is 12.4 Å². The van der Waals surface area contributed by atoms with E-state index in [9.17, 15) is 4.79 Å². The number of ether oxygens (including phenoxy) is 2. The van der Waals surface area contributed by atoms with Crippen LogP contribution < -0.4 is 10.1 Å². The molecule has 2 aliphatic heterocycles. The lowest BCUT2D eigenvalue weighted by Crippen LogP contribution is -2.48. The van der Waals surface area contributed by atoms with Crippen molar-refractivity contribution >= 4 is 29.3 Å². The summed E-state index contributed by atoms with van der Waals surface area (Å²) in [7, 11) is 0. The molecule has 5 rings (SSSR count). The fourth-order valence-electron chi connectivity index (χ4n) is 4.94. The van der Waals surface area contributed by atoms with E-state index in [2.05, 4.69) is 52.5 Å². The van der Waals surface area contributed by atoms with E-state index in [0.717, 1.165) is 81.0 Å². The summed E-state index contributed by atoms with van der Waals surface area (Å²) < 4.78 is 11.6. The number of urea groups is 1. The molecular formula is C28H35ClN4O3. The monoisotopic (exact) mass is 510 g/mol. The number of morpholine rings is 1. The second-order valence-corrected chi connectivity index (χ2v) is 9.33. The fourth-order valence-corrected chi connectivity index (χ4v) is 4.94. The lowest BCUT2D eigenvalue weighted by atomic mass is 9.98. The van der Waals surface area contributed by atoms with Gasteiger partial charge in [0, 0.05) is 63.7 Å². The molecule has 3 aromatic rings. The van der Waals surface area contributed by atoms with Crippen LogP contribution in [0, 0.1) is 6.92 Å². The van der Waals surface area contributed by atoms with Crippen molar-refractivity contribution in [3.05, 3.63) is 60.3 Å². The van der Waals surface area contributed by atoms with Crippen LogP contribution in [0.25, 0.3) is 22.0 Å². The number of fused-ring (bicyclic) bond motifs is 1. The zero-order valence-electron chi connectivity index (χ0n) is 20.8. The summed E-state index contributed by atoms with van der Waals surface area (Å²) >= 11 is 0. The molecule has 3 heterocycles. The predicted molar refractivity (Wildman–Crippen MR) is 145 cm³/mol. The largest absolute Gasteiger partial charge is 0.490 e. The van der Waals surface area contributed by atoms with Gasteiger partial charge in [-0.3, -0.25) is 9.88 Å². The van der Waals surface area contributed by atoms with Crippen LogP contribution in [-0.2, 0) is 4.74 Å². The minimum atomic E-state index is 0. The number of likely N-dealkylation sites (tertiary alicyclic amines) is 1. The van der Waals surface area contributed by atoms with E-state index in [1.54, 1.807) is 0 Å². The van der Waals surface area contributed by atoms with Gasteiger partial charge in [-0.05, 0) is 41.8 Å². The Balaban J connectivity index is 0.00000304. The van der Waals surface area contributed by atoms with Crippen LogP contribution in [-0.4, -0.2) is 79.4 Å². The molecule has 0 saturated carbocycles. The van der Waals surface area contributed by atoms with Crippen LogP contribution in [0.2, 0.25) is 0 Å². The molecular weight excluding hydrogens is 476 g/mol. The first-order chi connectivity index (χ1) is 17.2. The summed E-state index contributed by atoms with van der Waals surface area (Å²) in [6.45, 7) is 8.56. The molecule has 2 aromatic carbocycles. The average Bonchev–Trinajstić information content (AvgIpc) is 2.91. The molecule has 1 N–H and O–H groups in total. The highest BCUT2D eigenvalue weighted by Crippen LogP contribution is 2.30. The topological polar surface area (TPSA) is 66.9 Å². The maximum absolute atomic E-state index is 12.5. The Morgan fingerprint density at radius 3 is 2.56 bits per heavy atom. The lowest BCUT2D eigenvalue weighted by Gasteiger charge is -2.32. The van der Waals surface area contributed by atoms with E-state index in [4.69, 9.17) is 9.47 Å². The van der Waals surface area contributed by atoms with Crippen LogP contribution in [0.15, 0.2) is 54.7 Å². The summed E-state index contributed by atoms with van der Waals surface area (Å²) in [5.74, 6) is 0.874. The normalized spacial score (nSPS) is 17.0. The third-order valence-electron chi connectivity index (χ3n) is 7.03. The van der Waals surface area contributed by atoms with Crippen molar-refractivity contribution in [2.75, 3.05) is 52.5 Å². The van der Waals surface area contributed by atoms with Crippen molar-refractivity contribution < 1.29 is 14.3 Å². The Morgan fingerprint density at radius 1 is 1.06 bits per heavy atom. The Kier molecular flexibility index (Phi) is 9.02. The van der Waals surface area contributed by atoms with Gasteiger partial charge in [0.1, 0.15) is 11.9 Å². The number of pyridine rings is 1. The third-order valence-corrected chi connectivity index (χ3v) is 7.03. The van der Waals surface area contributed by atoms with Crippen LogP contribution in [0.4, 0.5) is 4.79 Å². The number of amides is 2. The van der Waals surface area contributed by atoms with E-state index in [-0.39, 0.29) is 24.5 Å². The Morgan fingerprint density at radius 2 is 1.81 bits per heavy atom. The highest BCUT2D eigenvalue weighted by molar-refractivity contribution is 5.88. The molecule has 0 radical (unpaired) electrons. The fraction of sp³-hybridized carbons (Fsp3) is 0.429. The maximum Gasteiger partial charge on any atom is 0.317 e. The number of nitrogens with zero attached hydrogens (tertiary/aromatic N) is 3. The number of benzene rings is 2. The molecule has 7 nitrogen and oxygen atoms in total. The summed E-state index contributed by atoms with van der Waals surface area (Å²) in [4.78, 5) is 21.3. The van der Waals surface area contributed by atoms with Crippen LogP contribution in [0.5, 0.6) is 5.75 Å². The standard InChI is InChI=1S/C28H34N4O3.ClH/c1-21-26(9-6-23-3-2-12-29-27(21)23)22-4-7-24(8-5-22)35-25-10-14-32(15-11-25)28(33)30-13-16-31-17-19-34-20-18-31;/h2-9,12,25H,10-11,13-20H2,1H3,(H,30,33);1H. The quantitative estimate of drug-likeness (QED) is 0.528. The number of aryl methyl sites for hydroxylation is 1. The first-order valence-electron chi connectivity index (χ1n) is 12.6. The average molecular weight is 511 g/mol. The minimum absolute atomic E-state index is 0. The van der Waals surface area contributed by atoms with E-state index in [0.29, 0.717) is 6.54 Å². The maximum atomic E-state index is 12.5. The first kappa shape index (κ1) is 26.2. The smallest absolute Gasteiger partial charge is 0.317 e. The second kappa shape index (κ2) is 12.4. The SMILES string of the molecule is Cc1c(-c2ccc(OC3CCN(C(=O)NCCN4CCOCC4)CC3)cc2)ccc2cccnc12.Cl. The van der Waals surface area contributed by atoms with Gasteiger partial charge in [0.15, 0.2) is 0 Å². The van der Waals surface area contributed by atoms with Gasteiger partial charge in [0.25, 0.3) is 0 Å². The molecule has 0 atom stereocenters. The Hall–Kier alpha value is -2.87. The Labute approximate surface area is 219 Å². The van der Waals surface area contributed by atoms with Gasteiger partial charge in [-0.25, -0.2) is 4.79 Å². The van der Waals surface area contributed by atoms with Crippen LogP contribution >= 0.6 is 12.4 Å². The van der Waals surface area contributed by atoms with E-state index in [1.165, 1.54) is 11.1 Å². The summed E-state index contributed by atoms with van der Waals surface area (Å²) in [5, 5.41) is 4.22. The van der Waals surface area contributed by atoms with E-state index in [1.807, 2.05) is 29.3 Å². The van der Waals surface area contributed by atoms with Crippen molar-refractivity contribution in [2.45, 2.75) is 25.9 Å². The molecule has 2 saturated heterocycles. The van der Waals surface area contributed by atoms with Gasteiger partial charge in [0.2, 0.25) is 0 Å². The van der Waals surface area contributed by atoms with Gasteiger partial charge in [-0.1, -0.05) is 30.3 Å². The van der Waals surface area contributed by atoms with Gasteiger partial charge in [-0.2, -0.15) is 0 Å². The van der Waals surface area contributed by atoms with E-state index >= 15 is 0 Å². The molecule has 8 heteroatoms. The van der Waals surface area contributed by atoms with E-state index < -0.39 is 0 Å². The number of halogens is 1. The number of carbonyl (C=O) groups excluding carboxylic acids is 1. The molecule has 0 spiro atoms. The molecule has 0 unspecified atom stereocenters. The van der Waals surface area contributed by atoms with Crippen LogP contribution in [0.3, 0.4) is 0 Å². The molecule has 36 heavy (non-hydrogen) atoms. The number of piperidine rings is 1. The number of aromatic nitrogens is 1. The second-order valence-electron chi connectivity index (χ2n) is 9.33. The molecule has 2 fully saturated rings. The highest BCUT2D eigenvalue weighted by Gasteiger charge is 2.24. The van der Waals surface area contributed by atoms with Crippen molar-refractivity contribution in [3.8, 4) is 16.9 Å². The number of hydrogen-bond acceptors (Lipinski definition) is 5. The first-order valence-corrected chi connectivity index (χ1v) is 12.6. The van der Waals surface area contributed by atoms with Crippen LogP contribution in [0.1, 0.15) is 18.4 Å². The van der Waals surface area contributed by atoms with Gasteiger partial charge >= 0.3 is 6.03 Å². The highest BCUT2D eigenvalue weighted by atomic mass is 35.5. The zero-order chi connectivity index (χ0) is 24.0. The van der Waals surface area contributed by atoms with Crippen molar-refractivity contribution in [2.24, 2.45) is 0 Å². The van der Waals surface area contributed by atoms with Crippen molar-refractivity contribution in [1.82, 2.24) is 20.1 Å². The predicted octanol–water partition coefficient (Wildman–Crippen LogP) is 4.52.